The number of nitrogens with one attached hydrogen (secondary N) is 1. The lowest BCUT2D eigenvalue weighted by Crippen LogP contribution is -2.39. The van der Waals surface area contributed by atoms with Gasteiger partial charge in [0, 0.05) is 25.9 Å². The van der Waals surface area contributed by atoms with Crippen LogP contribution < -0.4 is 5.32 Å². The van der Waals surface area contributed by atoms with Gasteiger partial charge in [0.2, 0.25) is 11.8 Å². The Labute approximate surface area is 124 Å². The van der Waals surface area contributed by atoms with Gasteiger partial charge in [-0.05, 0) is 32.4 Å². The molecule has 2 heterocycles. The van der Waals surface area contributed by atoms with Gasteiger partial charge in [0.05, 0.1) is 6.54 Å². The molecule has 6 nitrogen and oxygen atoms in total. The van der Waals surface area contributed by atoms with E-state index in [1.54, 1.807) is 30.9 Å². The highest BCUT2D eigenvalue weighted by atomic mass is 16.4. The van der Waals surface area contributed by atoms with Gasteiger partial charge < -0.3 is 19.7 Å². The first kappa shape index (κ1) is 15.6. The number of hydrogen-bond donors (Lipinski definition) is 2. The van der Waals surface area contributed by atoms with Gasteiger partial charge in [-0.3, -0.25) is 9.59 Å². The monoisotopic (exact) mass is 294 g/mol. The Kier molecular flexibility index (Phi) is 4.67. The van der Waals surface area contributed by atoms with Crippen LogP contribution in [0.3, 0.4) is 0 Å². The van der Waals surface area contributed by atoms with Crippen molar-refractivity contribution in [2.45, 2.75) is 38.7 Å². The molecule has 0 radical (unpaired) electrons. The summed E-state index contributed by atoms with van der Waals surface area (Å²) in [6.07, 6.45) is 1.69. The van der Waals surface area contributed by atoms with Crippen molar-refractivity contribution in [3.8, 4) is 0 Å². The molecular weight excluding hydrogens is 272 g/mol. The third kappa shape index (κ3) is 4.07. The normalized spacial score (nSPS) is 17.9. The summed E-state index contributed by atoms with van der Waals surface area (Å²) in [4.78, 5) is 24.9. The van der Waals surface area contributed by atoms with Crippen molar-refractivity contribution < 1.29 is 19.1 Å². The summed E-state index contributed by atoms with van der Waals surface area (Å²) in [5.74, 6) is 1.07. The van der Waals surface area contributed by atoms with Crippen LogP contribution in [-0.2, 0) is 15.2 Å². The fourth-order valence-electron chi connectivity index (χ4n) is 2.35. The smallest absolute Gasteiger partial charge is 0.222 e. The van der Waals surface area contributed by atoms with Gasteiger partial charge >= 0.3 is 0 Å². The zero-order chi connectivity index (χ0) is 15.5. The van der Waals surface area contributed by atoms with Crippen LogP contribution in [0.2, 0.25) is 0 Å². The molecule has 1 aliphatic heterocycles. The highest BCUT2D eigenvalue weighted by molar-refractivity contribution is 5.80. The third-order valence-electron chi connectivity index (χ3n) is 3.68. The molecule has 1 aromatic rings. The van der Waals surface area contributed by atoms with E-state index in [2.05, 4.69) is 5.32 Å². The van der Waals surface area contributed by atoms with E-state index in [9.17, 15) is 14.7 Å². The summed E-state index contributed by atoms with van der Waals surface area (Å²) in [6.45, 7) is 4.63. The molecule has 0 bridgehead atoms. The lowest BCUT2D eigenvalue weighted by molar-refractivity contribution is -0.128. The summed E-state index contributed by atoms with van der Waals surface area (Å²) < 4.78 is 5.38. The Balaban J connectivity index is 1.76. The first-order chi connectivity index (χ1) is 9.88. The minimum atomic E-state index is -1.24. The molecule has 21 heavy (non-hydrogen) atoms. The lowest BCUT2D eigenvalue weighted by Gasteiger charge is -2.22. The topological polar surface area (TPSA) is 82.8 Å². The van der Waals surface area contributed by atoms with Gasteiger partial charge in [-0.15, -0.1) is 0 Å². The molecule has 116 valence electrons. The van der Waals surface area contributed by atoms with Gasteiger partial charge in [-0.1, -0.05) is 0 Å². The van der Waals surface area contributed by atoms with E-state index in [-0.39, 0.29) is 24.8 Å². The molecule has 0 aliphatic carbocycles. The number of aliphatic hydroxyl groups is 1. The van der Waals surface area contributed by atoms with Crippen LogP contribution in [0.5, 0.6) is 0 Å². The predicted molar refractivity (Wildman–Crippen MR) is 76.5 cm³/mol. The molecule has 1 aliphatic rings. The fraction of sp³-hybridized carbons (Fsp3) is 0.600. The number of nitrogens with zero attached hydrogens (tertiary/aromatic N) is 1. The van der Waals surface area contributed by atoms with Crippen molar-refractivity contribution in [2.75, 3.05) is 19.6 Å². The lowest BCUT2D eigenvalue weighted by atomic mass is 10.0. The van der Waals surface area contributed by atoms with Crippen molar-refractivity contribution in [1.29, 1.82) is 0 Å². The summed E-state index contributed by atoms with van der Waals surface area (Å²) >= 11 is 0. The summed E-state index contributed by atoms with van der Waals surface area (Å²) in [6, 6.07) is 3.47. The maximum absolute atomic E-state index is 11.8. The van der Waals surface area contributed by atoms with Crippen LogP contribution in [0.15, 0.2) is 16.5 Å². The van der Waals surface area contributed by atoms with Crippen LogP contribution >= 0.6 is 0 Å². The summed E-state index contributed by atoms with van der Waals surface area (Å²) in [5, 5.41) is 13.0. The van der Waals surface area contributed by atoms with Gasteiger partial charge in [0.1, 0.15) is 17.1 Å². The molecule has 1 saturated heterocycles. The minimum Gasteiger partial charge on any atom is -0.463 e. The van der Waals surface area contributed by atoms with Crippen molar-refractivity contribution in [1.82, 2.24) is 10.2 Å². The second-order valence-corrected chi connectivity index (χ2v) is 5.70. The summed E-state index contributed by atoms with van der Waals surface area (Å²) in [5.41, 5.74) is -1.24. The van der Waals surface area contributed by atoms with E-state index in [1.807, 2.05) is 0 Å². The number of likely N-dealkylation sites (tertiary alicyclic amines) is 1. The van der Waals surface area contributed by atoms with Crippen LogP contribution in [-0.4, -0.2) is 41.5 Å². The first-order valence-corrected chi connectivity index (χ1v) is 7.22. The van der Waals surface area contributed by atoms with Crippen LogP contribution in [0.1, 0.15) is 37.7 Å². The molecule has 1 fully saturated rings. The van der Waals surface area contributed by atoms with Crippen LogP contribution in [0.4, 0.5) is 0 Å². The van der Waals surface area contributed by atoms with Crippen LogP contribution in [0.25, 0.3) is 0 Å². The van der Waals surface area contributed by atoms with Crippen molar-refractivity contribution in [3.05, 3.63) is 23.7 Å². The Bertz CT molecular complexity index is 521. The Morgan fingerprint density at radius 1 is 1.52 bits per heavy atom. The summed E-state index contributed by atoms with van der Waals surface area (Å²) in [7, 11) is 0. The van der Waals surface area contributed by atoms with Gasteiger partial charge in [-0.25, -0.2) is 0 Å². The average molecular weight is 294 g/mol. The molecule has 1 unspecified atom stereocenters. The van der Waals surface area contributed by atoms with Gasteiger partial charge in [-0.2, -0.15) is 0 Å². The fourth-order valence-corrected chi connectivity index (χ4v) is 2.35. The van der Waals surface area contributed by atoms with E-state index in [0.29, 0.717) is 24.5 Å². The predicted octanol–water partition coefficient (Wildman–Crippen LogP) is 0.924. The number of hydrogen-bond acceptors (Lipinski definition) is 4. The second-order valence-electron chi connectivity index (χ2n) is 5.70. The van der Waals surface area contributed by atoms with Gasteiger partial charge in [0.15, 0.2) is 0 Å². The van der Waals surface area contributed by atoms with Gasteiger partial charge in [0.25, 0.3) is 0 Å². The highest BCUT2D eigenvalue weighted by Crippen LogP contribution is 2.21. The Hall–Kier alpha value is -1.82. The van der Waals surface area contributed by atoms with Crippen molar-refractivity contribution in [2.24, 2.45) is 0 Å². The Morgan fingerprint density at radius 2 is 2.29 bits per heavy atom. The average Bonchev–Trinajstić information content (AvgIpc) is 3.03. The number of rotatable bonds is 6. The van der Waals surface area contributed by atoms with E-state index in [0.717, 1.165) is 13.0 Å². The zero-order valence-corrected chi connectivity index (χ0v) is 12.5. The number of carbonyl (C=O) groups is 2. The molecule has 2 N–H and O–H groups in total. The maximum atomic E-state index is 11.8. The molecule has 0 spiro atoms. The highest BCUT2D eigenvalue weighted by Gasteiger charge is 2.27. The standard InChI is InChI=1S/C15H22N2O4/c1-11-5-6-12(21-11)15(2,20)10-16-13(18)7-9-17-8-3-4-14(17)19/h5-6,20H,3-4,7-10H2,1-2H3,(H,16,18). The number of amides is 2. The number of carbonyl (C=O) groups excluding carboxylic acids is 2. The molecule has 2 amide bonds. The molecule has 0 saturated carbocycles. The zero-order valence-electron chi connectivity index (χ0n) is 12.5. The van der Waals surface area contributed by atoms with Crippen molar-refractivity contribution in [3.63, 3.8) is 0 Å². The first-order valence-electron chi connectivity index (χ1n) is 7.22. The largest absolute Gasteiger partial charge is 0.463 e. The van der Waals surface area contributed by atoms with E-state index in [4.69, 9.17) is 4.42 Å². The molecule has 1 atom stereocenters. The van der Waals surface area contributed by atoms with Crippen molar-refractivity contribution >= 4 is 11.8 Å². The minimum absolute atomic E-state index is 0.0761. The second kappa shape index (κ2) is 6.30. The Morgan fingerprint density at radius 3 is 2.86 bits per heavy atom. The number of aryl methyl sites for hydroxylation is 1. The SMILES string of the molecule is Cc1ccc(C(C)(O)CNC(=O)CCN2CCCC2=O)o1. The van der Waals surface area contributed by atoms with E-state index >= 15 is 0 Å². The molecule has 6 heteroatoms. The third-order valence-corrected chi connectivity index (χ3v) is 3.68. The molecular formula is C15H22N2O4. The molecule has 0 aromatic carbocycles. The van der Waals surface area contributed by atoms with E-state index in [1.165, 1.54) is 0 Å². The molecule has 1 aromatic heterocycles. The maximum Gasteiger partial charge on any atom is 0.222 e. The van der Waals surface area contributed by atoms with E-state index < -0.39 is 5.60 Å². The molecule has 2 rings (SSSR count). The number of furan rings is 1. The quantitative estimate of drug-likeness (QED) is 0.817. The van der Waals surface area contributed by atoms with Crippen LogP contribution in [0, 0.1) is 6.92 Å².